The predicted molar refractivity (Wildman–Crippen MR) is 58.6 cm³/mol. The van der Waals surface area contributed by atoms with E-state index in [1.165, 1.54) is 31.5 Å². The Balaban J connectivity index is 1.90. The van der Waals surface area contributed by atoms with Gasteiger partial charge in [0.05, 0.1) is 0 Å². The number of rotatable bonds is 2. The smallest absolute Gasteiger partial charge is 0.136 e. The molecule has 0 aromatic carbocycles. The summed E-state index contributed by atoms with van der Waals surface area (Å²) in [6.07, 6.45) is 7.56. The van der Waals surface area contributed by atoms with Crippen LogP contribution >= 0.6 is 0 Å². The average molecular weight is 205 g/mol. The van der Waals surface area contributed by atoms with Gasteiger partial charge in [0.25, 0.3) is 0 Å². The van der Waals surface area contributed by atoms with Crippen molar-refractivity contribution in [1.82, 2.24) is 14.8 Å². The number of nitrogens with zero attached hydrogens (tertiary/aromatic N) is 3. The Kier molecular flexibility index (Phi) is 2.08. The van der Waals surface area contributed by atoms with E-state index in [0.29, 0.717) is 12.0 Å². The molecule has 0 aliphatic heterocycles. The van der Waals surface area contributed by atoms with Crippen molar-refractivity contribution in [1.29, 1.82) is 0 Å². The van der Waals surface area contributed by atoms with Gasteiger partial charge >= 0.3 is 0 Å². The second kappa shape index (κ2) is 3.32. The van der Waals surface area contributed by atoms with Crippen LogP contribution in [0, 0.1) is 11.8 Å². The Labute approximate surface area is 90.9 Å². The highest BCUT2D eigenvalue weighted by Crippen LogP contribution is 2.52. The van der Waals surface area contributed by atoms with Crippen LogP contribution in [0.4, 0.5) is 0 Å². The lowest BCUT2D eigenvalue weighted by Crippen LogP contribution is -2.15. The summed E-state index contributed by atoms with van der Waals surface area (Å²) in [5, 5.41) is 8.44. The molecule has 1 heterocycles. The molecule has 3 rings (SSSR count). The van der Waals surface area contributed by atoms with E-state index in [-0.39, 0.29) is 0 Å². The molecule has 2 aliphatic rings. The summed E-state index contributed by atoms with van der Waals surface area (Å²) in [5.41, 5.74) is 0. The summed E-state index contributed by atoms with van der Waals surface area (Å²) < 4.78 is 2.26. The molecule has 1 aromatic rings. The van der Waals surface area contributed by atoms with Gasteiger partial charge in [0.2, 0.25) is 0 Å². The second-order valence-electron chi connectivity index (χ2n) is 5.47. The molecule has 0 spiro atoms. The first-order valence-electron chi connectivity index (χ1n) is 6.15. The van der Waals surface area contributed by atoms with E-state index in [4.69, 9.17) is 0 Å². The van der Waals surface area contributed by atoms with Crippen LogP contribution in [0.5, 0.6) is 0 Å². The van der Waals surface area contributed by atoms with Gasteiger partial charge in [-0.3, -0.25) is 0 Å². The maximum Gasteiger partial charge on any atom is 0.136 e. The predicted octanol–water partition coefficient (Wildman–Crippen LogP) is 2.76. The first-order chi connectivity index (χ1) is 7.25. The summed E-state index contributed by atoms with van der Waals surface area (Å²) in [5.74, 6) is 3.83. The molecule has 0 N–H and O–H groups in total. The number of aromatic nitrogens is 3. The summed E-state index contributed by atoms with van der Waals surface area (Å²) >= 11 is 0. The van der Waals surface area contributed by atoms with Crippen molar-refractivity contribution in [3.8, 4) is 0 Å². The molecule has 2 aliphatic carbocycles. The van der Waals surface area contributed by atoms with Crippen molar-refractivity contribution in [2.24, 2.45) is 11.8 Å². The lowest BCUT2D eigenvalue weighted by atomic mass is 9.88. The lowest BCUT2D eigenvalue weighted by molar-refractivity contribution is 0.385. The van der Waals surface area contributed by atoms with Gasteiger partial charge in [0.15, 0.2) is 0 Å². The summed E-state index contributed by atoms with van der Waals surface area (Å²) in [6.45, 7) is 4.42. The van der Waals surface area contributed by atoms with Gasteiger partial charge < -0.3 is 4.57 Å². The molecule has 3 unspecified atom stereocenters. The van der Waals surface area contributed by atoms with Crippen molar-refractivity contribution in [2.45, 2.75) is 51.5 Å². The molecule has 2 saturated carbocycles. The number of fused-ring (bicyclic) bond motifs is 2. The molecular formula is C12H19N3. The van der Waals surface area contributed by atoms with Crippen LogP contribution in [-0.4, -0.2) is 14.8 Å². The quantitative estimate of drug-likeness (QED) is 0.743. The molecule has 15 heavy (non-hydrogen) atoms. The SMILES string of the molecule is CC(C)n1cnnc1C1CC2CCC1C2. The van der Waals surface area contributed by atoms with E-state index in [0.717, 1.165) is 11.8 Å². The minimum atomic E-state index is 0.495. The standard InChI is InChI=1S/C12H19N3/c1-8(2)15-7-13-14-12(15)11-6-9-3-4-10(11)5-9/h7-11H,3-6H2,1-2H3. The van der Waals surface area contributed by atoms with E-state index in [1.807, 2.05) is 6.33 Å². The first kappa shape index (κ1) is 9.37. The molecule has 3 nitrogen and oxygen atoms in total. The monoisotopic (exact) mass is 205 g/mol. The maximum atomic E-state index is 4.35. The van der Waals surface area contributed by atoms with Gasteiger partial charge in [-0.05, 0) is 44.9 Å². The Hall–Kier alpha value is -0.860. The van der Waals surface area contributed by atoms with Gasteiger partial charge in [-0.25, -0.2) is 0 Å². The lowest BCUT2D eigenvalue weighted by Gasteiger charge is -2.22. The fourth-order valence-corrected chi connectivity index (χ4v) is 3.48. The molecule has 3 heteroatoms. The molecule has 0 radical (unpaired) electrons. The van der Waals surface area contributed by atoms with Gasteiger partial charge in [0.1, 0.15) is 12.2 Å². The van der Waals surface area contributed by atoms with Crippen LogP contribution in [0.15, 0.2) is 6.33 Å². The largest absolute Gasteiger partial charge is 0.315 e. The van der Waals surface area contributed by atoms with E-state index in [2.05, 4.69) is 28.6 Å². The van der Waals surface area contributed by atoms with Crippen molar-refractivity contribution >= 4 is 0 Å². The Morgan fingerprint density at radius 3 is 2.80 bits per heavy atom. The average Bonchev–Trinajstić information content (AvgIpc) is 2.92. The molecule has 3 atom stereocenters. The molecule has 82 valence electrons. The fourth-order valence-electron chi connectivity index (χ4n) is 3.48. The van der Waals surface area contributed by atoms with Crippen LogP contribution in [-0.2, 0) is 0 Å². The van der Waals surface area contributed by atoms with E-state index >= 15 is 0 Å². The first-order valence-corrected chi connectivity index (χ1v) is 6.15. The zero-order chi connectivity index (χ0) is 10.4. The Morgan fingerprint density at radius 1 is 1.33 bits per heavy atom. The minimum Gasteiger partial charge on any atom is -0.315 e. The normalized spacial score (nSPS) is 34.2. The van der Waals surface area contributed by atoms with Crippen LogP contribution in [0.1, 0.15) is 57.3 Å². The highest BCUT2D eigenvalue weighted by atomic mass is 15.3. The molecular weight excluding hydrogens is 186 g/mol. The third-order valence-corrected chi connectivity index (χ3v) is 4.23. The van der Waals surface area contributed by atoms with Crippen LogP contribution in [0.2, 0.25) is 0 Å². The summed E-state index contributed by atoms with van der Waals surface area (Å²) in [4.78, 5) is 0. The minimum absolute atomic E-state index is 0.495. The summed E-state index contributed by atoms with van der Waals surface area (Å²) in [6, 6.07) is 0.495. The fraction of sp³-hybridized carbons (Fsp3) is 0.833. The zero-order valence-corrected chi connectivity index (χ0v) is 9.56. The molecule has 0 saturated heterocycles. The maximum absolute atomic E-state index is 4.35. The van der Waals surface area contributed by atoms with E-state index in [1.54, 1.807) is 0 Å². The van der Waals surface area contributed by atoms with E-state index < -0.39 is 0 Å². The molecule has 0 amide bonds. The van der Waals surface area contributed by atoms with Crippen LogP contribution in [0.3, 0.4) is 0 Å². The Bertz CT molecular complexity index is 356. The zero-order valence-electron chi connectivity index (χ0n) is 9.56. The van der Waals surface area contributed by atoms with Crippen molar-refractivity contribution in [2.75, 3.05) is 0 Å². The highest BCUT2D eigenvalue weighted by Gasteiger charge is 2.42. The Morgan fingerprint density at radius 2 is 2.20 bits per heavy atom. The van der Waals surface area contributed by atoms with Gasteiger partial charge in [-0.1, -0.05) is 6.42 Å². The van der Waals surface area contributed by atoms with Crippen LogP contribution in [0.25, 0.3) is 0 Å². The second-order valence-corrected chi connectivity index (χ2v) is 5.47. The molecule has 2 bridgehead atoms. The molecule has 2 fully saturated rings. The third-order valence-electron chi connectivity index (χ3n) is 4.23. The topological polar surface area (TPSA) is 30.7 Å². The highest BCUT2D eigenvalue weighted by molar-refractivity contribution is 5.07. The van der Waals surface area contributed by atoms with Crippen molar-refractivity contribution < 1.29 is 0 Å². The molecule has 1 aromatic heterocycles. The van der Waals surface area contributed by atoms with Gasteiger partial charge in [-0.15, -0.1) is 10.2 Å². The number of hydrogen-bond acceptors (Lipinski definition) is 2. The third kappa shape index (κ3) is 1.40. The van der Waals surface area contributed by atoms with Crippen LogP contribution < -0.4 is 0 Å². The summed E-state index contributed by atoms with van der Waals surface area (Å²) in [7, 11) is 0. The number of hydrogen-bond donors (Lipinski definition) is 0. The van der Waals surface area contributed by atoms with Crippen molar-refractivity contribution in [3.63, 3.8) is 0 Å². The van der Waals surface area contributed by atoms with Crippen molar-refractivity contribution in [3.05, 3.63) is 12.2 Å². The van der Waals surface area contributed by atoms with Gasteiger partial charge in [0, 0.05) is 12.0 Å². The van der Waals surface area contributed by atoms with Gasteiger partial charge in [-0.2, -0.15) is 0 Å². The van der Waals surface area contributed by atoms with E-state index in [9.17, 15) is 0 Å².